The fourth-order valence-electron chi connectivity index (χ4n) is 3.53. The Hall–Kier alpha value is -1.92. The Balaban J connectivity index is 1.51. The lowest BCUT2D eigenvalue weighted by molar-refractivity contribution is -0.151. The molecule has 1 fully saturated rings. The number of nitrogens with one attached hydrogen (secondary N) is 1. The second kappa shape index (κ2) is 9.52. The maximum absolute atomic E-state index is 12.6. The van der Waals surface area contributed by atoms with Gasteiger partial charge < -0.3 is 20.4 Å². The van der Waals surface area contributed by atoms with E-state index in [1.807, 2.05) is 54.6 Å². The molecule has 0 aliphatic carbocycles. The SMILES string of the molecule is O=C(CCc1ccccc1)N1CC[C@@H](O)[C@](O)(CNCc2ccc(Cl)cc2)C1. The van der Waals surface area contributed by atoms with Gasteiger partial charge in [0.15, 0.2) is 0 Å². The number of aliphatic hydroxyl groups is 2. The van der Waals surface area contributed by atoms with Gasteiger partial charge in [0.1, 0.15) is 5.60 Å². The van der Waals surface area contributed by atoms with Crippen LogP contribution in [0.3, 0.4) is 0 Å². The molecule has 5 nitrogen and oxygen atoms in total. The number of aryl methyl sites for hydroxylation is 1. The molecule has 2 aromatic carbocycles. The average Bonchev–Trinajstić information content (AvgIpc) is 2.71. The molecule has 1 heterocycles. The van der Waals surface area contributed by atoms with E-state index in [0.717, 1.165) is 11.1 Å². The fraction of sp³-hybridized carbons (Fsp3) is 0.409. The quantitative estimate of drug-likeness (QED) is 0.665. The van der Waals surface area contributed by atoms with Crippen LogP contribution < -0.4 is 5.32 Å². The summed E-state index contributed by atoms with van der Waals surface area (Å²) < 4.78 is 0. The number of piperidine rings is 1. The average molecular weight is 403 g/mol. The summed E-state index contributed by atoms with van der Waals surface area (Å²) >= 11 is 5.89. The van der Waals surface area contributed by atoms with Crippen molar-refractivity contribution in [1.29, 1.82) is 0 Å². The highest BCUT2D eigenvalue weighted by molar-refractivity contribution is 6.30. The van der Waals surface area contributed by atoms with Crippen molar-refractivity contribution in [1.82, 2.24) is 10.2 Å². The van der Waals surface area contributed by atoms with E-state index in [2.05, 4.69) is 5.32 Å². The van der Waals surface area contributed by atoms with Gasteiger partial charge >= 0.3 is 0 Å². The van der Waals surface area contributed by atoms with Crippen molar-refractivity contribution in [2.75, 3.05) is 19.6 Å². The van der Waals surface area contributed by atoms with Crippen LogP contribution in [0.4, 0.5) is 0 Å². The molecule has 0 radical (unpaired) electrons. The second-order valence-electron chi connectivity index (χ2n) is 7.44. The van der Waals surface area contributed by atoms with Crippen LogP contribution in [0.15, 0.2) is 54.6 Å². The summed E-state index contributed by atoms with van der Waals surface area (Å²) in [4.78, 5) is 14.3. The zero-order valence-electron chi connectivity index (χ0n) is 15.9. The van der Waals surface area contributed by atoms with Crippen LogP contribution in [-0.2, 0) is 17.8 Å². The molecule has 1 aliphatic heterocycles. The van der Waals surface area contributed by atoms with Gasteiger partial charge in [-0.25, -0.2) is 0 Å². The monoisotopic (exact) mass is 402 g/mol. The summed E-state index contributed by atoms with van der Waals surface area (Å²) in [5.41, 5.74) is 0.800. The Morgan fingerprint density at radius 3 is 2.57 bits per heavy atom. The highest BCUT2D eigenvalue weighted by Crippen LogP contribution is 2.22. The van der Waals surface area contributed by atoms with Gasteiger partial charge in [-0.3, -0.25) is 4.79 Å². The molecule has 3 N–H and O–H groups in total. The standard InChI is InChI=1S/C22H27ClN2O3/c23-19-9-6-18(7-10-19)14-24-15-22(28)16-25(13-12-20(22)26)21(27)11-8-17-4-2-1-3-5-17/h1-7,9-10,20,24,26,28H,8,11-16H2/t20-,22+/m1/s1. The predicted molar refractivity (Wildman–Crippen MR) is 110 cm³/mol. The Morgan fingerprint density at radius 2 is 1.86 bits per heavy atom. The summed E-state index contributed by atoms with van der Waals surface area (Å²) in [6.07, 6.45) is 0.583. The second-order valence-corrected chi connectivity index (χ2v) is 7.88. The van der Waals surface area contributed by atoms with Crippen molar-refractivity contribution >= 4 is 17.5 Å². The van der Waals surface area contributed by atoms with Crippen LogP contribution in [0.1, 0.15) is 24.0 Å². The molecule has 0 unspecified atom stereocenters. The van der Waals surface area contributed by atoms with Gasteiger partial charge in [0.25, 0.3) is 0 Å². The van der Waals surface area contributed by atoms with Gasteiger partial charge in [-0.2, -0.15) is 0 Å². The van der Waals surface area contributed by atoms with Crippen molar-refractivity contribution in [3.63, 3.8) is 0 Å². The van der Waals surface area contributed by atoms with Crippen LogP contribution in [0.2, 0.25) is 5.02 Å². The van der Waals surface area contributed by atoms with Gasteiger partial charge in [0.2, 0.25) is 5.91 Å². The van der Waals surface area contributed by atoms with Crippen LogP contribution >= 0.6 is 11.6 Å². The molecule has 0 aromatic heterocycles. The summed E-state index contributed by atoms with van der Waals surface area (Å²) in [6, 6.07) is 17.3. The molecule has 2 aromatic rings. The molecular formula is C22H27ClN2O3. The number of carbonyl (C=O) groups is 1. The summed E-state index contributed by atoms with van der Waals surface area (Å²) in [5.74, 6) is 0.00637. The number of likely N-dealkylation sites (tertiary alicyclic amines) is 1. The first kappa shape index (κ1) is 20.8. The zero-order valence-corrected chi connectivity index (χ0v) is 16.6. The molecule has 150 valence electrons. The smallest absolute Gasteiger partial charge is 0.223 e. The Bertz CT molecular complexity index is 769. The number of aliphatic hydroxyl groups excluding tert-OH is 1. The molecular weight excluding hydrogens is 376 g/mol. The van der Waals surface area contributed by atoms with Crippen LogP contribution in [0.25, 0.3) is 0 Å². The predicted octanol–water partition coefficient (Wildman–Crippen LogP) is 2.39. The minimum absolute atomic E-state index is 0.00637. The third-order valence-electron chi connectivity index (χ3n) is 5.25. The Morgan fingerprint density at radius 1 is 1.14 bits per heavy atom. The Kier molecular flexibility index (Phi) is 7.08. The molecule has 6 heteroatoms. The topological polar surface area (TPSA) is 72.8 Å². The number of hydrogen-bond donors (Lipinski definition) is 3. The van der Waals surface area contributed by atoms with Gasteiger partial charge in [-0.15, -0.1) is 0 Å². The van der Waals surface area contributed by atoms with E-state index in [9.17, 15) is 15.0 Å². The van der Waals surface area contributed by atoms with Crippen molar-refractivity contribution in [2.45, 2.75) is 37.5 Å². The minimum Gasteiger partial charge on any atom is -0.390 e. The largest absolute Gasteiger partial charge is 0.390 e. The Labute approximate surface area is 170 Å². The van der Waals surface area contributed by atoms with Gasteiger partial charge in [0.05, 0.1) is 12.6 Å². The molecule has 0 spiro atoms. The van der Waals surface area contributed by atoms with E-state index in [1.165, 1.54) is 0 Å². The summed E-state index contributed by atoms with van der Waals surface area (Å²) in [6.45, 7) is 1.36. The third-order valence-corrected chi connectivity index (χ3v) is 5.51. The van der Waals surface area contributed by atoms with E-state index >= 15 is 0 Å². The number of rotatable bonds is 7. The fourth-order valence-corrected chi connectivity index (χ4v) is 3.65. The van der Waals surface area contributed by atoms with E-state index in [4.69, 9.17) is 11.6 Å². The van der Waals surface area contributed by atoms with E-state index in [-0.39, 0.29) is 19.0 Å². The highest BCUT2D eigenvalue weighted by atomic mass is 35.5. The number of β-amino-alcohol motifs (C(OH)–C–C–N with tert-alkyl or cyclic N) is 1. The molecule has 1 amide bonds. The molecule has 0 saturated carbocycles. The van der Waals surface area contributed by atoms with Crippen molar-refractivity contribution in [2.24, 2.45) is 0 Å². The lowest BCUT2D eigenvalue weighted by Crippen LogP contribution is -2.62. The lowest BCUT2D eigenvalue weighted by atomic mass is 9.89. The normalized spacial score (nSPS) is 22.2. The molecule has 2 atom stereocenters. The van der Waals surface area contributed by atoms with Crippen molar-refractivity contribution < 1.29 is 15.0 Å². The highest BCUT2D eigenvalue weighted by Gasteiger charge is 2.42. The molecule has 3 rings (SSSR count). The molecule has 0 bridgehead atoms. The summed E-state index contributed by atoms with van der Waals surface area (Å²) in [5, 5.41) is 25.1. The molecule has 1 saturated heterocycles. The maximum Gasteiger partial charge on any atom is 0.223 e. The van der Waals surface area contributed by atoms with E-state index < -0.39 is 11.7 Å². The minimum atomic E-state index is -1.35. The number of benzene rings is 2. The number of halogens is 1. The van der Waals surface area contributed by atoms with Gasteiger partial charge in [-0.05, 0) is 36.1 Å². The first-order valence-electron chi connectivity index (χ1n) is 9.63. The molecule has 1 aliphatic rings. The summed E-state index contributed by atoms with van der Waals surface area (Å²) in [7, 11) is 0. The van der Waals surface area contributed by atoms with Crippen LogP contribution in [0, 0.1) is 0 Å². The van der Waals surface area contributed by atoms with Crippen LogP contribution in [0.5, 0.6) is 0 Å². The zero-order chi connectivity index (χ0) is 20.0. The van der Waals surface area contributed by atoms with E-state index in [0.29, 0.717) is 37.4 Å². The number of nitrogens with zero attached hydrogens (tertiary/aromatic N) is 1. The first-order chi connectivity index (χ1) is 13.5. The third kappa shape index (κ3) is 5.55. The lowest BCUT2D eigenvalue weighted by Gasteiger charge is -2.43. The first-order valence-corrected chi connectivity index (χ1v) is 10.0. The number of hydrogen-bond acceptors (Lipinski definition) is 4. The number of carbonyl (C=O) groups excluding carboxylic acids is 1. The van der Waals surface area contributed by atoms with E-state index in [1.54, 1.807) is 4.90 Å². The van der Waals surface area contributed by atoms with Gasteiger partial charge in [0, 0.05) is 31.1 Å². The number of amides is 1. The van der Waals surface area contributed by atoms with Crippen molar-refractivity contribution in [3.05, 3.63) is 70.7 Å². The van der Waals surface area contributed by atoms with Gasteiger partial charge in [-0.1, -0.05) is 54.1 Å². The van der Waals surface area contributed by atoms with Crippen molar-refractivity contribution in [3.8, 4) is 0 Å². The maximum atomic E-state index is 12.6. The van der Waals surface area contributed by atoms with Crippen LogP contribution in [-0.4, -0.2) is 52.4 Å². The molecule has 28 heavy (non-hydrogen) atoms.